The summed E-state index contributed by atoms with van der Waals surface area (Å²) in [6.07, 6.45) is -0.620. The molecule has 0 saturated carbocycles. The molecule has 214 valence electrons. The van der Waals surface area contributed by atoms with E-state index in [1.165, 1.54) is 33.5 Å². The largest absolute Gasteiger partial charge is 0.497 e. The highest BCUT2D eigenvalue weighted by Crippen LogP contribution is 2.37. The Morgan fingerprint density at radius 3 is 2.50 bits per heavy atom. The molecule has 2 amide bonds. The van der Waals surface area contributed by atoms with Crippen molar-refractivity contribution in [2.45, 2.75) is 30.9 Å². The van der Waals surface area contributed by atoms with Gasteiger partial charge in [0.2, 0.25) is 10.0 Å². The number of hydrogen-bond donors (Lipinski definition) is 2. The number of urea groups is 1. The number of carbonyl (C=O) groups is 1. The van der Waals surface area contributed by atoms with Crippen LogP contribution in [0.5, 0.6) is 11.5 Å². The zero-order chi connectivity index (χ0) is 29.0. The summed E-state index contributed by atoms with van der Waals surface area (Å²) >= 11 is 0. The molecule has 0 bridgehead atoms. The quantitative estimate of drug-likeness (QED) is 0.434. The Balaban J connectivity index is 1.69. The van der Waals surface area contributed by atoms with E-state index in [4.69, 9.17) is 9.47 Å². The molecule has 0 aliphatic carbocycles. The monoisotopic (exact) mass is 571 g/mol. The van der Waals surface area contributed by atoms with Gasteiger partial charge in [-0.25, -0.2) is 17.6 Å². The second-order valence-corrected chi connectivity index (χ2v) is 11.8. The molecule has 0 spiro atoms. The Kier molecular flexibility index (Phi) is 8.97. The van der Waals surface area contributed by atoms with E-state index in [9.17, 15) is 22.7 Å². The number of para-hydroxylation sites is 1. The molecule has 4 rings (SSSR count). The molecule has 1 heterocycles. The van der Waals surface area contributed by atoms with Gasteiger partial charge in [-0.2, -0.15) is 4.31 Å². The Morgan fingerprint density at radius 1 is 1.18 bits per heavy atom. The molecular formula is C29H34FN3O6S. The first-order valence-corrected chi connectivity index (χ1v) is 14.3. The van der Waals surface area contributed by atoms with E-state index in [-0.39, 0.29) is 41.9 Å². The predicted octanol–water partition coefficient (Wildman–Crippen LogP) is 4.43. The van der Waals surface area contributed by atoms with Crippen LogP contribution in [-0.2, 0) is 10.0 Å². The number of rotatable bonds is 7. The number of aliphatic hydroxyl groups is 1. The van der Waals surface area contributed by atoms with Crippen LogP contribution in [0.2, 0.25) is 0 Å². The highest BCUT2D eigenvalue weighted by Gasteiger charge is 2.38. The highest BCUT2D eigenvalue weighted by molar-refractivity contribution is 7.89. The van der Waals surface area contributed by atoms with Crippen molar-refractivity contribution in [3.05, 3.63) is 72.5 Å². The van der Waals surface area contributed by atoms with Gasteiger partial charge in [-0.05, 0) is 54.4 Å². The van der Waals surface area contributed by atoms with Crippen molar-refractivity contribution in [2.24, 2.45) is 5.92 Å². The fourth-order valence-corrected chi connectivity index (χ4v) is 6.36. The van der Waals surface area contributed by atoms with Gasteiger partial charge in [0.15, 0.2) is 0 Å². The number of ether oxygens (including phenoxy) is 2. The average molecular weight is 572 g/mol. The summed E-state index contributed by atoms with van der Waals surface area (Å²) in [5.74, 6) is -0.0973. The molecule has 3 aromatic rings. The van der Waals surface area contributed by atoms with Crippen molar-refractivity contribution < 1.29 is 32.2 Å². The summed E-state index contributed by atoms with van der Waals surface area (Å²) in [6.45, 7) is 3.27. The number of amides is 2. The van der Waals surface area contributed by atoms with Gasteiger partial charge in [0.05, 0.1) is 25.9 Å². The zero-order valence-electron chi connectivity index (χ0n) is 22.9. The fraction of sp³-hybridized carbons (Fsp3) is 0.345. The molecule has 1 aliphatic heterocycles. The van der Waals surface area contributed by atoms with Gasteiger partial charge >= 0.3 is 6.03 Å². The van der Waals surface area contributed by atoms with E-state index in [1.54, 1.807) is 39.3 Å². The smallest absolute Gasteiger partial charge is 0.321 e. The summed E-state index contributed by atoms with van der Waals surface area (Å²) in [5, 5.41) is 12.4. The van der Waals surface area contributed by atoms with E-state index in [2.05, 4.69) is 5.32 Å². The van der Waals surface area contributed by atoms with Gasteiger partial charge in [-0.3, -0.25) is 0 Å². The van der Waals surface area contributed by atoms with E-state index in [1.807, 2.05) is 31.2 Å². The lowest BCUT2D eigenvalue weighted by atomic mass is 10.0. The Bertz CT molecular complexity index is 1450. The first-order chi connectivity index (χ1) is 19.0. The van der Waals surface area contributed by atoms with Crippen molar-refractivity contribution in [3.8, 4) is 22.6 Å². The highest BCUT2D eigenvalue weighted by atomic mass is 32.2. The van der Waals surface area contributed by atoms with Gasteiger partial charge in [0, 0.05) is 25.6 Å². The van der Waals surface area contributed by atoms with Crippen LogP contribution < -0.4 is 14.8 Å². The van der Waals surface area contributed by atoms with Gasteiger partial charge in [0.1, 0.15) is 28.3 Å². The number of nitrogens with one attached hydrogen (secondary N) is 1. The average Bonchev–Trinajstić information content (AvgIpc) is 2.95. The third kappa shape index (κ3) is 6.22. The maximum Gasteiger partial charge on any atom is 0.321 e. The molecule has 0 radical (unpaired) electrons. The van der Waals surface area contributed by atoms with Crippen molar-refractivity contribution in [2.75, 3.05) is 39.2 Å². The van der Waals surface area contributed by atoms with Crippen LogP contribution in [0.3, 0.4) is 0 Å². The number of aliphatic hydroxyl groups excluding tert-OH is 1. The molecule has 3 atom stereocenters. The number of fused-ring (bicyclic) bond motifs is 1. The summed E-state index contributed by atoms with van der Waals surface area (Å²) in [5.41, 5.74) is 1.61. The Labute approximate surface area is 234 Å². The minimum absolute atomic E-state index is 0.0274. The minimum atomic E-state index is -4.02. The molecule has 0 aromatic heterocycles. The summed E-state index contributed by atoms with van der Waals surface area (Å²) < 4.78 is 54.4. The van der Waals surface area contributed by atoms with Gasteiger partial charge < -0.3 is 24.8 Å². The molecule has 9 nitrogen and oxygen atoms in total. The Hall–Kier alpha value is -3.67. The van der Waals surface area contributed by atoms with Crippen molar-refractivity contribution >= 4 is 21.7 Å². The van der Waals surface area contributed by atoms with Crippen LogP contribution in [0.15, 0.2) is 71.6 Å². The lowest BCUT2D eigenvalue weighted by molar-refractivity contribution is 0.0830. The van der Waals surface area contributed by atoms with Gasteiger partial charge in [-0.15, -0.1) is 0 Å². The van der Waals surface area contributed by atoms with E-state index in [0.717, 1.165) is 11.1 Å². The predicted molar refractivity (Wildman–Crippen MR) is 150 cm³/mol. The van der Waals surface area contributed by atoms with Crippen LogP contribution in [0, 0.1) is 11.7 Å². The summed E-state index contributed by atoms with van der Waals surface area (Å²) in [7, 11) is -0.880. The van der Waals surface area contributed by atoms with Crippen LogP contribution in [0.25, 0.3) is 11.1 Å². The first kappa shape index (κ1) is 29.3. The molecule has 0 saturated heterocycles. The van der Waals surface area contributed by atoms with Crippen molar-refractivity contribution in [1.29, 1.82) is 0 Å². The molecule has 2 N–H and O–H groups in total. The van der Waals surface area contributed by atoms with Crippen LogP contribution in [0.1, 0.15) is 13.8 Å². The third-order valence-corrected chi connectivity index (χ3v) is 9.03. The van der Waals surface area contributed by atoms with Crippen molar-refractivity contribution in [1.82, 2.24) is 9.21 Å². The maximum atomic E-state index is 14.1. The fourth-order valence-electron chi connectivity index (χ4n) is 4.53. The van der Waals surface area contributed by atoms with Gasteiger partial charge in [-0.1, -0.05) is 37.3 Å². The zero-order valence-corrected chi connectivity index (χ0v) is 23.7. The number of benzene rings is 3. The summed E-state index contributed by atoms with van der Waals surface area (Å²) in [6, 6.07) is 16.9. The second kappa shape index (κ2) is 12.2. The third-order valence-electron chi connectivity index (χ3n) is 7.01. The lowest BCUT2D eigenvalue weighted by Crippen LogP contribution is -2.50. The molecule has 0 unspecified atom stereocenters. The SMILES string of the molecule is COc1ccc(-c2ccc3c(c2)O[C@@H](CN(C)C(=O)Nc2ccccc2F)[C@H](C)CN([C@H](C)CO)S3(=O)=O)cc1. The molecule has 0 fully saturated rings. The van der Waals surface area contributed by atoms with E-state index >= 15 is 0 Å². The molecular weight excluding hydrogens is 537 g/mol. The van der Waals surface area contributed by atoms with Crippen molar-refractivity contribution in [3.63, 3.8) is 0 Å². The van der Waals surface area contributed by atoms with Crippen LogP contribution in [0.4, 0.5) is 14.9 Å². The van der Waals surface area contributed by atoms with E-state index in [0.29, 0.717) is 5.75 Å². The Morgan fingerprint density at radius 2 is 1.85 bits per heavy atom. The number of sulfonamides is 1. The number of halogens is 1. The molecule has 40 heavy (non-hydrogen) atoms. The minimum Gasteiger partial charge on any atom is -0.497 e. The number of likely N-dealkylation sites (N-methyl/N-ethyl adjacent to an activating group) is 1. The number of anilines is 1. The van der Waals surface area contributed by atoms with Crippen LogP contribution >= 0.6 is 0 Å². The van der Waals surface area contributed by atoms with Gasteiger partial charge in [0.25, 0.3) is 0 Å². The first-order valence-electron chi connectivity index (χ1n) is 12.9. The molecule has 1 aliphatic rings. The summed E-state index contributed by atoms with van der Waals surface area (Å²) in [4.78, 5) is 14.2. The van der Waals surface area contributed by atoms with Crippen LogP contribution in [-0.4, -0.2) is 74.8 Å². The lowest BCUT2D eigenvalue weighted by Gasteiger charge is -2.37. The molecule has 11 heteroatoms. The topological polar surface area (TPSA) is 108 Å². The number of methoxy groups -OCH3 is 1. The molecule has 3 aromatic carbocycles. The second-order valence-electron chi connectivity index (χ2n) is 9.92. The van der Waals surface area contributed by atoms with E-state index < -0.39 is 34.0 Å². The maximum absolute atomic E-state index is 14.1. The number of hydrogen-bond acceptors (Lipinski definition) is 6. The number of carbonyl (C=O) groups excluding carboxylic acids is 1. The number of nitrogens with zero attached hydrogens (tertiary/aromatic N) is 2. The normalized spacial score (nSPS) is 19.4. The standard InChI is InChI=1S/C29H34FN3O6S/c1-19-16-33(20(2)18-34)40(36,37)28-14-11-22(21-9-12-23(38-4)13-10-21)15-26(28)39-27(19)17-32(3)29(35)31-25-8-6-5-7-24(25)30/h5-15,19-20,27,34H,16-18H2,1-4H3,(H,31,35)/t19-,20-,27+/m1/s1.